The molecule has 0 atom stereocenters. The molecule has 0 saturated heterocycles. The predicted molar refractivity (Wildman–Crippen MR) is 105 cm³/mol. The zero-order chi connectivity index (χ0) is 19.1. The molecule has 0 fully saturated rings. The second kappa shape index (κ2) is 8.92. The Balaban J connectivity index is 0.000000758. The van der Waals surface area contributed by atoms with Gasteiger partial charge in [0.1, 0.15) is 18.1 Å². The lowest BCUT2D eigenvalue weighted by atomic mass is 10.2. The maximum absolute atomic E-state index is 11.2. The Hall–Kier alpha value is -2.99. The summed E-state index contributed by atoms with van der Waals surface area (Å²) in [5, 5.41) is 12.7. The molecule has 0 unspecified atom stereocenters. The van der Waals surface area contributed by atoms with Crippen molar-refractivity contribution in [3.05, 3.63) is 59.8 Å². The largest absolute Gasteiger partial charge is 0.488 e. The number of H-pyrrole nitrogens is 1. The van der Waals surface area contributed by atoms with Crippen LogP contribution in [0.4, 0.5) is 5.69 Å². The van der Waals surface area contributed by atoms with E-state index in [1.807, 2.05) is 75.6 Å². The van der Waals surface area contributed by atoms with Crippen molar-refractivity contribution in [3.63, 3.8) is 0 Å². The molecule has 2 aromatic carbocycles. The minimum atomic E-state index is -0.985. The number of hydrogen-bond acceptors (Lipinski definition) is 4. The molecule has 3 aromatic rings. The van der Waals surface area contributed by atoms with E-state index in [4.69, 9.17) is 4.74 Å². The lowest BCUT2D eigenvalue weighted by molar-refractivity contribution is 0.0691. The fraction of sp³-hybridized carbons (Fsp3) is 0.250. The number of ether oxygens (including phenoxy) is 1. The molecule has 0 amide bonds. The summed E-state index contributed by atoms with van der Waals surface area (Å²) in [4.78, 5) is 16.1. The SMILES string of the molecule is CN(C)c1cc(OCc2ccccc2)c2cc(C(=O)O)[nH]c2c1.CNC. The van der Waals surface area contributed by atoms with E-state index in [0.717, 1.165) is 22.2 Å². The highest BCUT2D eigenvalue weighted by Crippen LogP contribution is 2.32. The Kier molecular flexibility index (Phi) is 6.63. The lowest BCUT2D eigenvalue weighted by Gasteiger charge is -2.15. The molecule has 26 heavy (non-hydrogen) atoms. The number of aromatic carboxylic acids is 1. The second-order valence-corrected chi connectivity index (χ2v) is 6.06. The quantitative estimate of drug-likeness (QED) is 0.654. The summed E-state index contributed by atoms with van der Waals surface area (Å²) in [5.41, 5.74) is 2.90. The normalized spacial score (nSPS) is 10.2. The second-order valence-electron chi connectivity index (χ2n) is 6.06. The number of hydrogen-bond donors (Lipinski definition) is 3. The van der Waals surface area contributed by atoms with Crippen LogP contribution < -0.4 is 15.0 Å². The third-order valence-electron chi connectivity index (χ3n) is 3.67. The van der Waals surface area contributed by atoms with Crippen molar-refractivity contribution in [2.75, 3.05) is 33.1 Å². The van der Waals surface area contributed by atoms with E-state index < -0.39 is 5.97 Å². The number of carboxylic acids is 1. The number of nitrogens with one attached hydrogen (secondary N) is 2. The Morgan fingerprint density at radius 2 is 1.81 bits per heavy atom. The summed E-state index contributed by atoms with van der Waals surface area (Å²) >= 11 is 0. The monoisotopic (exact) mass is 355 g/mol. The molecule has 0 aliphatic rings. The number of nitrogens with zero attached hydrogens (tertiary/aromatic N) is 1. The molecule has 3 N–H and O–H groups in total. The molecular formula is C20H25N3O3. The van der Waals surface area contributed by atoms with Gasteiger partial charge < -0.3 is 25.0 Å². The van der Waals surface area contributed by atoms with Crippen LogP contribution in [0.15, 0.2) is 48.5 Å². The minimum Gasteiger partial charge on any atom is -0.488 e. The van der Waals surface area contributed by atoms with Gasteiger partial charge in [0.05, 0.1) is 5.52 Å². The maximum Gasteiger partial charge on any atom is 0.352 e. The van der Waals surface area contributed by atoms with Crippen molar-refractivity contribution in [3.8, 4) is 5.75 Å². The molecule has 6 nitrogen and oxygen atoms in total. The van der Waals surface area contributed by atoms with Crippen molar-refractivity contribution in [2.45, 2.75) is 6.61 Å². The topological polar surface area (TPSA) is 77.6 Å². The number of aromatic amines is 1. The van der Waals surface area contributed by atoms with E-state index in [-0.39, 0.29) is 5.69 Å². The first-order valence-corrected chi connectivity index (χ1v) is 8.28. The number of fused-ring (bicyclic) bond motifs is 1. The molecule has 3 rings (SSSR count). The summed E-state index contributed by atoms with van der Waals surface area (Å²) in [6, 6.07) is 15.3. The molecule has 0 bridgehead atoms. The Labute approximate surface area is 153 Å². The summed E-state index contributed by atoms with van der Waals surface area (Å²) in [5.74, 6) is -0.319. The van der Waals surface area contributed by atoms with Gasteiger partial charge in [0.25, 0.3) is 0 Å². The van der Waals surface area contributed by atoms with Crippen molar-refractivity contribution < 1.29 is 14.6 Å². The fourth-order valence-corrected chi connectivity index (χ4v) is 2.42. The van der Waals surface area contributed by atoms with Gasteiger partial charge in [-0.2, -0.15) is 0 Å². The molecule has 1 heterocycles. The van der Waals surface area contributed by atoms with Crippen LogP contribution in [0.3, 0.4) is 0 Å². The van der Waals surface area contributed by atoms with Crippen LogP contribution in [0.1, 0.15) is 16.1 Å². The molecule has 138 valence electrons. The maximum atomic E-state index is 11.2. The summed E-state index contributed by atoms with van der Waals surface area (Å²) in [7, 11) is 7.62. The smallest absolute Gasteiger partial charge is 0.352 e. The molecule has 0 spiro atoms. The van der Waals surface area contributed by atoms with Crippen LogP contribution in [0, 0.1) is 0 Å². The van der Waals surface area contributed by atoms with Gasteiger partial charge in [-0.3, -0.25) is 0 Å². The first-order chi connectivity index (χ1) is 12.5. The van der Waals surface area contributed by atoms with Crippen LogP contribution in [-0.4, -0.2) is 44.3 Å². The number of aromatic nitrogens is 1. The lowest BCUT2D eigenvalue weighted by Crippen LogP contribution is -2.08. The van der Waals surface area contributed by atoms with Crippen molar-refractivity contribution in [1.29, 1.82) is 0 Å². The van der Waals surface area contributed by atoms with Crippen molar-refractivity contribution in [1.82, 2.24) is 10.3 Å². The van der Waals surface area contributed by atoms with Gasteiger partial charge in [-0.05, 0) is 31.8 Å². The zero-order valence-electron chi connectivity index (χ0n) is 15.5. The molecule has 0 radical (unpaired) electrons. The van der Waals surface area contributed by atoms with Gasteiger partial charge in [0.15, 0.2) is 0 Å². The molecular weight excluding hydrogens is 330 g/mol. The Morgan fingerprint density at radius 1 is 1.15 bits per heavy atom. The van der Waals surface area contributed by atoms with Crippen molar-refractivity contribution >= 4 is 22.6 Å². The average molecular weight is 355 g/mol. The van der Waals surface area contributed by atoms with Crippen LogP contribution in [0.2, 0.25) is 0 Å². The minimum absolute atomic E-state index is 0.153. The van der Waals surface area contributed by atoms with E-state index in [1.165, 1.54) is 0 Å². The van der Waals surface area contributed by atoms with E-state index >= 15 is 0 Å². The summed E-state index contributed by atoms with van der Waals surface area (Å²) in [6.45, 7) is 0.431. The predicted octanol–water partition coefficient (Wildman–Crippen LogP) is 3.35. The van der Waals surface area contributed by atoms with E-state index in [2.05, 4.69) is 10.3 Å². The highest BCUT2D eigenvalue weighted by atomic mass is 16.5. The highest BCUT2D eigenvalue weighted by molar-refractivity contribution is 5.97. The van der Waals surface area contributed by atoms with Crippen LogP contribution >= 0.6 is 0 Å². The summed E-state index contributed by atoms with van der Waals surface area (Å²) < 4.78 is 5.95. The molecule has 0 saturated carbocycles. The Bertz CT molecular complexity index is 857. The van der Waals surface area contributed by atoms with Crippen LogP contribution in [-0.2, 0) is 6.61 Å². The van der Waals surface area contributed by atoms with Gasteiger partial charge in [-0.25, -0.2) is 4.79 Å². The third kappa shape index (κ3) is 4.77. The Morgan fingerprint density at radius 3 is 2.38 bits per heavy atom. The van der Waals surface area contributed by atoms with Crippen LogP contribution in [0.5, 0.6) is 5.75 Å². The first-order valence-electron chi connectivity index (χ1n) is 8.28. The summed E-state index contributed by atoms with van der Waals surface area (Å²) in [6.07, 6.45) is 0. The van der Waals surface area contributed by atoms with Crippen molar-refractivity contribution in [2.24, 2.45) is 0 Å². The van der Waals surface area contributed by atoms with Gasteiger partial charge >= 0.3 is 5.97 Å². The van der Waals surface area contributed by atoms with E-state index in [9.17, 15) is 9.90 Å². The van der Waals surface area contributed by atoms with Crippen LogP contribution in [0.25, 0.3) is 10.9 Å². The number of rotatable bonds is 5. The fourth-order valence-electron chi connectivity index (χ4n) is 2.42. The standard InChI is InChI=1S/C18H18N2O3.C2H7N/c1-20(2)13-8-15-14(10-16(19-15)18(21)22)17(9-13)23-11-12-6-4-3-5-7-12;1-3-2/h3-10,19H,11H2,1-2H3,(H,21,22);3H,1-2H3. The molecule has 0 aliphatic heterocycles. The molecule has 1 aromatic heterocycles. The number of anilines is 1. The first kappa shape index (κ1) is 19.3. The number of benzene rings is 2. The molecule has 0 aliphatic carbocycles. The zero-order valence-corrected chi connectivity index (χ0v) is 15.5. The molecule has 6 heteroatoms. The van der Waals surface area contributed by atoms with Gasteiger partial charge in [0, 0.05) is 31.2 Å². The number of carboxylic acid groups (broad SMARTS) is 1. The highest BCUT2D eigenvalue weighted by Gasteiger charge is 2.13. The average Bonchev–Trinajstić information content (AvgIpc) is 3.06. The van der Waals surface area contributed by atoms with E-state index in [1.54, 1.807) is 6.07 Å². The third-order valence-corrected chi connectivity index (χ3v) is 3.67. The number of carbonyl (C=O) groups is 1. The van der Waals surface area contributed by atoms with Gasteiger partial charge in [-0.1, -0.05) is 30.3 Å². The van der Waals surface area contributed by atoms with Gasteiger partial charge in [0.2, 0.25) is 0 Å². The van der Waals surface area contributed by atoms with E-state index in [0.29, 0.717) is 12.4 Å². The van der Waals surface area contributed by atoms with Gasteiger partial charge in [-0.15, -0.1) is 0 Å².